The third-order valence-corrected chi connectivity index (χ3v) is 5.20. The Hall–Kier alpha value is -2.82. The lowest BCUT2D eigenvalue weighted by Gasteiger charge is -2.27. The maximum absolute atomic E-state index is 12.8. The summed E-state index contributed by atoms with van der Waals surface area (Å²) in [6, 6.07) is 11.2. The summed E-state index contributed by atoms with van der Waals surface area (Å²) in [6.07, 6.45) is 3.23. The number of hydrogen-bond donors (Lipinski definition) is 1. The minimum atomic E-state index is -0.280. The van der Waals surface area contributed by atoms with Gasteiger partial charge in [0.15, 0.2) is 6.61 Å². The highest BCUT2D eigenvalue weighted by Gasteiger charge is 2.21. The molecule has 5 heteroatoms. The molecule has 2 amide bonds. The Morgan fingerprint density at radius 2 is 1.75 bits per heavy atom. The van der Waals surface area contributed by atoms with Crippen molar-refractivity contribution >= 4 is 17.5 Å². The average molecular weight is 380 g/mol. The van der Waals surface area contributed by atoms with E-state index in [4.69, 9.17) is 4.74 Å². The highest BCUT2D eigenvalue weighted by molar-refractivity contribution is 6.04. The lowest BCUT2D eigenvalue weighted by molar-refractivity contribution is -0.118. The summed E-state index contributed by atoms with van der Waals surface area (Å²) in [5.41, 5.74) is 4.31. The molecule has 0 atom stereocenters. The molecule has 1 aliphatic heterocycles. The fraction of sp³-hybridized carbons (Fsp3) is 0.391. The zero-order valence-electron chi connectivity index (χ0n) is 16.9. The number of para-hydroxylation sites is 1. The lowest BCUT2D eigenvalue weighted by Crippen LogP contribution is -2.36. The minimum Gasteiger partial charge on any atom is -0.483 e. The summed E-state index contributed by atoms with van der Waals surface area (Å²) in [5, 5.41) is 2.84. The summed E-state index contributed by atoms with van der Waals surface area (Å²) >= 11 is 0. The van der Waals surface area contributed by atoms with Crippen LogP contribution in [-0.4, -0.2) is 36.4 Å². The molecule has 1 aliphatic rings. The number of hydrogen-bond acceptors (Lipinski definition) is 3. The third-order valence-electron chi connectivity index (χ3n) is 5.20. The van der Waals surface area contributed by atoms with Gasteiger partial charge in [-0.25, -0.2) is 0 Å². The van der Waals surface area contributed by atoms with Gasteiger partial charge in [0.1, 0.15) is 5.75 Å². The Morgan fingerprint density at radius 3 is 2.50 bits per heavy atom. The second-order valence-corrected chi connectivity index (χ2v) is 7.44. The SMILES string of the molecule is Cc1cc(C)c(C)c(OCC(=O)Nc2ccccc2C(=O)N2CCCCC2)c1. The molecule has 0 saturated carbocycles. The predicted molar refractivity (Wildman–Crippen MR) is 111 cm³/mol. The van der Waals surface area contributed by atoms with Gasteiger partial charge in [0.2, 0.25) is 0 Å². The Bertz CT molecular complexity index is 870. The molecular weight excluding hydrogens is 352 g/mol. The number of rotatable bonds is 5. The number of likely N-dealkylation sites (tertiary alicyclic amines) is 1. The summed E-state index contributed by atoms with van der Waals surface area (Å²) in [5.74, 6) is 0.407. The lowest BCUT2D eigenvalue weighted by atomic mass is 10.1. The first kappa shape index (κ1) is 19.9. The first-order valence-electron chi connectivity index (χ1n) is 9.84. The van der Waals surface area contributed by atoms with Gasteiger partial charge in [0.05, 0.1) is 11.3 Å². The molecule has 0 unspecified atom stereocenters. The van der Waals surface area contributed by atoms with Gasteiger partial charge < -0.3 is 15.0 Å². The molecule has 1 heterocycles. The van der Waals surface area contributed by atoms with Crippen molar-refractivity contribution < 1.29 is 14.3 Å². The summed E-state index contributed by atoms with van der Waals surface area (Å²) < 4.78 is 5.74. The van der Waals surface area contributed by atoms with Crippen molar-refractivity contribution in [2.45, 2.75) is 40.0 Å². The molecule has 5 nitrogen and oxygen atoms in total. The maximum Gasteiger partial charge on any atom is 0.262 e. The van der Waals surface area contributed by atoms with Crippen molar-refractivity contribution in [3.8, 4) is 5.75 Å². The number of piperidine rings is 1. The number of nitrogens with one attached hydrogen (secondary N) is 1. The molecule has 28 heavy (non-hydrogen) atoms. The van der Waals surface area contributed by atoms with Crippen molar-refractivity contribution in [3.63, 3.8) is 0 Å². The van der Waals surface area contributed by atoms with Crippen LogP contribution in [0.5, 0.6) is 5.75 Å². The van der Waals surface area contributed by atoms with Gasteiger partial charge in [0.25, 0.3) is 11.8 Å². The van der Waals surface area contributed by atoms with E-state index in [0.717, 1.165) is 49.0 Å². The van der Waals surface area contributed by atoms with Crippen LogP contribution in [0.4, 0.5) is 5.69 Å². The predicted octanol–water partition coefficient (Wildman–Crippen LogP) is 4.26. The summed E-state index contributed by atoms with van der Waals surface area (Å²) in [4.78, 5) is 27.2. The quantitative estimate of drug-likeness (QED) is 0.843. The second-order valence-electron chi connectivity index (χ2n) is 7.44. The van der Waals surface area contributed by atoms with Crippen LogP contribution in [0.1, 0.15) is 46.3 Å². The van der Waals surface area contributed by atoms with Gasteiger partial charge in [0, 0.05) is 13.1 Å². The van der Waals surface area contributed by atoms with Crippen molar-refractivity contribution in [1.82, 2.24) is 4.90 Å². The highest BCUT2D eigenvalue weighted by atomic mass is 16.5. The smallest absolute Gasteiger partial charge is 0.262 e. The molecular formula is C23H28N2O3. The van der Waals surface area contributed by atoms with E-state index in [0.29, 0.717) is 17.0 Å². The fourth-order valence-corrected chi connectivity index (χ4v) is 3.53. The molecule has 0 spiro atoms. The minimum absolute atomic E-state index is 0.0262. The molecule has 148 valence electrons. The van der Waals surface area contributed by atoms with Gasteiger partial charge in [-0.2, -0.15) is 0 Å². The highest BCUT2D eigenvalue weighted by Crippen LogP contribution is 2.24. The summed E-state index contributed by atoms with van der Waals surface area (Å²) in [7, 11) is 0. The number of aryl methyl sites for hydroxylation is 2. The summed E-state index contributed by atoms with van der Waals surface area (Å²) in [6.45, 7) is 7.45. The van der Waals surface area contributed by atoms with Crippen molar-refractivity contribution in [2.24, 2.45) is 0 Å². The van der Waals surface area contributed by atoms with E-state index in [1.165, 1.54) is 0 Å². The molecule has 2 aromatic rings. The zero-order valence-corrected chi connectivity index (χ0v) is 16.9. The fourth-order valence-electron chi connectivity index (χ4n) is 3.53. The van der Waals surface area contributed by atoms with Crippen LogP contribution in [0.3, 0.4) is 0 Å². The largest absolute Gasteiger partial charge is 0.483 e. The van der Waals surface area contributed by atoms with Gasteiger partial charge >= 0.3 is 0 Å². The van der Waals surface area contributed by atoms with E-state index in [1.807, 2.05) is 43.9 Å². The van der Waals surface area contributed by atoms with Crippen LogP contribution in [0, 0.1) is 20.8 Å². The average Bonchev–Trinajstić information content (AvgIpc) is 2.70. The van der Waals surface area contributed by atoms with E-state index < -0.39 is 0 Å². The molecule has 2 aromatic carbocycles. The van der Waals surface area contributed by atoms with E-state index >= 15 is 0 Å². The Labute approximate surface area is 166 Å². The van der Waals surface area contributed by atoms with E-state index in [9.17, 15) is 9.59 Å². The number of anilines is 1. The van der Waals surface area contributed by atoms with Crippen molar-refractivity contribution in [2.75, 3.05) is 25.0 Å². The number of amides is 2. The topological polar surface area (TPSA) is 58.6 Å². The Kier molecular flexibility index (Phi) is 6.34. The van der Waals surface area contributed by atoms with Crippen molar-refractivity contribution in [3.05, 3.63) is 58.7 Å². The first-order valence-corrected chi connectivity index (χ1v) is 9.84. The normalized spacial score (nSPS) is 13.9. The van der Waals surface area contributed by atoms with Crippen LogP contribution in [-0.2, 0) is 4.79 Å². The van der Waals surface area contributed by atoms with Gasteiger partial charge in [-0.05, 0) is 74.9 Å². The van der Waals surface area contributed by atoms with Crippen LogP contribution in [0.2, 0.25) is 0 Å². The first-order chi connectivity index (χ1) is 13.5. The molecule has 1 N–H and O–H groups in total. The second kappa shape index (κ2) is 8.91. The molecule has 0 aromatic heterocycles. The number of carbonyl (C=O) groups excluding carboxylic acids is 2. The number of ether oxygens (including phenoxy) is 1. The number of nitrogens with zero attached hydrogens (tertiary/aromatic N) is 1. The molecule has 1 fully saturated rings. The van der Waals surface area contributed by atoms with E-state index in [-0.39, 0.29) is 18.4 Å². The maximum atomic E-state index is 12.8. The van der Waals surface area contributed by atoms with Gasteiger partial charge in [-0.1, -0.05) is 18.2 Å². The van der Waals surface area contributed by atoms with Crippen molar-refractivity contribution in [1.29, 1.82) is 0 Å². The Morgan fingerprint density at radius 1 is 1.04 bits per heavy atom. The third kappa shape index (κ3) is 4.71. The van der Waals surface area contributed by atoms with Crippen LogP contribution >= 0.6 is 0 Å². The van der Waals surface area contributed by atoms with E-state index in [1.54, 1.807) is 12.1 Å². The standard InChI is InChI=1S/C23H28N2O3/c1-16-13-17(2)18(3)21(14-16)28-15-22(26)24-20-10-6-5-9-19(20)23(27)25-11-7-4-8-12-25/h5-6,9-10,13-14H,4,7-8,11-12,15H2,1-3H3,(H,24,26). The monoisotopic (exact) mass is 380 g/mol. The molecule has 3 rings (SSSR count). The van der Waals surface area contributed by atoms with Gasteiger partial charge in [-0.15, -0.1) is 0 Å². The molecule has 0 radical (unpaired) electrons. The number of benzene rings is 2. The van der Waals surface area contributed by atoms with E-state index in [2.05, 4.69) is 11.4 Å². The zero-order chi connectivity index (χ0) is 20.1. The van der Waals surface area contributed by atoms with Crippen LogP contribution < -0.4 is 10.1 Å². The molecule has 1 saturated heterocycles. The Balaban J connectivity index is 1.67. The molecule has 0 aliphatic carbocycles. The van der Waals surface area contributed by atoms with Crippen LogP contribution in [0.15, 0.2) is 36.4 Å². The number of carbonyl (C=O) groups is 2. The van der Waals surface area contributed by atoms with Crippen LogP contribution in [0.25, 0.3) is 0 Å². The molecule has 0 bridgehead atoms. The van der Waals surface area contributed by atoms with Gasteiger partial charge in [-0.3, -0.25) is 9.59 Å².